The second-order valence-electron chi connectivity index (χ2n) is 4.85. The van der Waals surface area contributed by atoms with Crippen LogP contribution in [0, 0.1) is 0 Å². The molecule has 0 radical (unpaired) electrons. The van der Waals surface area contributed by atoms with Crippen LogP contribution < -0.4 is 9.47 Å². The van der Waals surface area contributed by atoms with Crippen molar-refractivity contribution in [1.82, 2.24) is 9.55 Å². The standard InChI is InChI=1S/C15H17BrN2O2/c1-19-12-7-6-10(9-13(12)20-2)14-11-5-3-4-8-18(11)15(16)17-14/h6-7,9H,3-5,8H2,1-2H3. The number of methoxy groups -OCH3 is 2. The van der Waals surface area contributed by atoms with Crippen LogP contribution >= 0.6 is 15.9 Å². The average molecular weight is 337 g/mol. The molecule has 0 saturated carbocycles. The van der Waals surface area contributed by atoms with Crippen molar-refractivity contribution in [2.75, 3.05) is 14.2 Å². The third-order valence-corrected chi connectivity index (χ3v) is 4.33. The van der Waals surface area contributed by atoms with Crippen molar-refractivity contribution < 1.29 is 9.47 Å². The number of rotatable bonds is 3. The maximum Gasteiger partial charge on any atom is 0.177 e. The fourth-order valence-corrected chi connectivity index (χ4v) is 3.28. The molecule has 0 N–H and O–H groups in total. The lowest BCUT2D eigenvalue weighted by molar-refractivity contribution is 0.355. The van der Waals surface area contributed by atoms with Gasteiger partial charge in [-0.05, 0) is 53.4 Å². The van der Waals surface area contributed by atoms with Crippen molar-refractivity contribution in [3.8, 4) is 22.8 Å². The van der Waals surface area contributed by atoms with Gasteiger partial charge in [0.2, 0.25) is 0 Å². The Kier molecular flexibility index (Phi) is 3.70. The first-order valence-electron chi connectivity index (χ1n) is 6.72. The highest BCUT2D eigenvalue weighted by Crippen LogP contribution is 2.35. The van der Waals surface area contributed by atoms with Crippen LogP contribution in [0.1, 0.15) is 18.5 Å². The van der Waals surface area contributed by atoms with E-state index in [4.69, 9.17) is 9.47 Å². The molecule has 20 heavy (non-hydrogen) atoms. The second-order valence-corrected chi connectivity index (χ2v) is 5.56. The van der Waals surface area contributed by atoms with Crippen LogP contribution in [0.2, 0.25) is 0 Å². The second kappa shape index (κ2) is 5.48. The van der Waals surface area contributed by atoms with E-state index in [1.54, 1.807) is 14.2 Å². The van der Waals surface area contributed by atoms with E-state index in [-0.39, 0.29) is 0 Å². The van der Waals surface area contributed by atoms with E-state index in [0.29, 0.717) is 0 Å². The van der Waals surface area contributed by atoms with Crippen molar-refractivity contribution in [3.63, 3.8) is 0 Å². The van der Waals surface area contributed by atoms with E-state index in [2.05, 4.69) is 25.5 Å². The van der Waals surface area contributed by atoms with Gasteiger partial charge in [-0.2, -0.15) is 0 Å². The highest BCUT2D eigenvalue weighted by atomic mass is 79.9. The summed E-state index contributed by atoms with van der Waals surface area (Å²) in [5.74, 6) is 1.47. The molecule has 2 heterocycles. The van der Waals surface area contributed by atoms with Crippen molar-refractivity contribution >= 4 is 15.9 Å². The lowest BCUT2D eigenvalue weighted by atomic mass is 10.0. The summed E-state index contributed by atoms with van der Waals surface area (Å²) >= 11 is 3.56. The topological polar surface area (TPSA) is 36.3 Å². The predicted octanol–water partition coefficient (Wildman–Crippen LogP) is 3.67. The monoisotopic (exact) mass is 336 g/mol. The molecule has 0 unspecified atom stereocenters. The molecular weight excluding hydrogens is 320 g/mol. The summed E-state index contributed by atoms with van der Waals surface area (Å²) in [4.78, 5) is 4.68. The fourth-order valence-electron chi connectivity index (χ4n) is 2.71. The molecule has 5 heteroatoms. The Morgan fingerprint density at radius 1 is 1.15 bits per heavy atom. The summed E-state index contributed by atoms with van der Waals surface area (Å²) in [5.41, 5.74) is 3.41. The lowest BCUT2D eigenvalue weighted by Crippen LogP contribution is -2.10. The third-order valence-electron chi connectivity index (χ3n) is 3.73. The van der Waals surface area contributed by atoms with Crippen molar-refractivity contribution in [1.29, 1.82) is 0 Å². The van der Waals surface area contributed by atoms with E-state index < -0.39 is 0 Å². The average Bonchev–Trinajstić information content (AvgIpc) is 2.84. The number of hydrogen-bond donors (Lipinski definition) is 0. The zero-order valence-electron chi connectivity index (χ0n) is 11.6. The van der Waals surface area contributed by atoms with Gasteiger partial charge in [-0.3, -0.25) is 0 Å². The first-order chi connectivity index (χ1) is 9.74. The molecule has 0 spiro atoms. The maximum absolute atomic E-state index is 5.38. The Hall–Kier alpha value is -1.49. The molecule has 1 aliphatic heterocycles. The summed E-state index contributed by atoms with van der Waals surface area (Å²) < 4.78 is 13.8. The van der Waals surface area contributed by atoms with Gasteiger partial charge in [0.25, 0.3) is 0 Å². The molecular formula is C15H17BrN2O2. The summed E-state index contributed by atoms with van der Waals surface area (Å²) in [6, 6.07) is 5.95. The normalized spacial score (nSPS) is 13.9. The van der Waals surface area contributed by atoms with Gasteiger partial charge in [0, 0.05) is 17.8 Å². The summed E-state index contributed by atoms with van der Waals surface area (Å²) in [6.07, 6.45) is 3.51. The van der Waals surface area contributed by atoms with Gasteiger partial charge in [-0.1, -0.05) is 0 Å². The molecule has 4 nitrogen and oxygen atoms in total. The zero-order chi connectivity index (χ0) is 14.1. The number of imidazole rings is 1. The first-order valence-corrected chi connectivity index (χ1v) is 7.51. The molecule has 0 amide bonds. The van der Waals surface area contributed by atoms with Crippen LogP contribution in [0.4, 0.5) is 0 Å². The Bertz CT molecular complexity index is 637. The Morgan fingerprint density at radius 3 is 2.70 bits per heavy atom. The van der Waals surface area contributed by atoms with E-state index >= 15 is 0 Å². The Labute approximate surface area is 126 Å². The molecule has 1 aromatic carbocycles. The van der Waals surface area contributed by atoms with Crippen molar-refractivity contribution in [2.45, 2.75) is 25.8 Å². The summed E-state index contributed by atoms with van der Waals surface area (Å²) in [7, 11) is 3.30. The molecule has 0 fully saturated rings. The van der Waals surface area contributed by atoms with Gasteiger partial charge < -0.3 is 14.0 Å². The number of hydrogen-bond acceptors (Lipinski definition) is 3. The molecule has 0 atom stereocenters. The number of halogens is 1. The van der Waals surface area contributed by atoms with Crippen LogP contribution in [0.5, 0.6) is 11.5 Å². The summed E-state index contributed by atoms with van der Waals surface area (Å²) in [6.45, 7) is 1.04. The SMILES string of the molecule is COc1ccc(-c2nc(Br)n3c2CCCC3)cc1OC. The van der Waals surface area contributed by atoms with Gasteiger partial charge in [-0.15, -0.1) is 0 Å². The highest BCUT2D eigenvalue weighted by Gasteiger charge is 2.20. The number of fused-ring (bicyclic) bond motifs is 1. The predicted molar refractivity (Wildman–Crippen MR) is 81.4 cm³/mol. The first kappa shape index (κ1) is 13.5. The number of ether oxygens (including phenoxy) is 2. The van der Waals surface area contributed by atoms with E-state index in [1.165, 1.54) is 18.5 Å². The largest absolute Gasteiger partial charge is 0.493 e. The molecule has 0 aliphatic carbocycles. The van der Waals surface area contributed by atoms with E-state index in [1.807, 2.05) is 18.2 Å². The van der Waals surface area contributed by atoms with Crippen LogP contribution in [0.25, 0.3) is 11.3 Å². The number of nitrogens with zero attached hydrogens (tertiary/aromatic N) is 2. The minimum atomic E-state index is 0.735. The van der Waals surface area contributed by atoms with Crippen LogP contribution in [0.15, 0.2) is 22.9 Å². The quantitative estimate of drug-likeness (QED) is 0.858. The summed E-state index contributed by atoms with van der Waals surface area (Å²) in [5, 5.41) is 0. The van der Waals surface area contributed by atoms with E-state index in [9.17, 15) is 0 Å². The van der Waals surface area contributed by atoms with Gasteiger partial charge in [-0.25, -0.2) is 4.98 Å². The molecule has 106 valence electrons. The molecule has 2 aromatic rings. The van der Waals surface area contributed by atoms with Gasteiger partial charge in [0.1, 0.15) is 0 Å². The number of aromatic nitrogens is 2. The van der Waals surface area contributed by atoms with Gasteiger partial charge >= 0.3 is 0 Å². The molecule has 1 aliphatic rings. The number of benzene rings is 1. The minimum absolute atomic E-state index is 0.735. The fraction of sp³-hybridized carbons (Fsp3) is 0.400. The molecule has 3 rings (SSSR count). The van der Waals surface area contributed by atoms with Gasteiger partial charge in [0.15, 0.2) is 16.2 Å². The van der Waals surface area contributed by atoms with Crippen LogP contribution in [0.3, 0.4) is 0 Å². The third kappa shape index (κ3) is 2.20. The Morgan fingerprint density at radius 2 is 1.95 bits per heavy atom. The van der Waals surface area contributed by atoms with Crippen molar-refractivity contribution in [2.24, 2.45) is 0 Å². The molecule has 1 aromatic heterocycles. The van der Waals surface area contributed by atoms with Gasteiger partial charge in [0.05, 0.1) is 19.9 Å². The smallest absolute Gasteiger partial charge is 0.177 e. The zero-order valence-corrected chi connectivity index (χ0v) is 13.2. The molecule has 0 bridgehead atoms. The van der Waals surface area contributed by atoms with Crippen LogP contribution in [-0.4, -0.2) is 23.8 Å². The molecule has 0 saturated heterocycles. The van der Waals surface area contributed by atoms with Crippen LogP contribution in [-0.2, 0) is 13.0 Å². The minimum Gasteiger partial charge on any atom is -0.493 e. The maximum atomic E-state index is 5.38. The van der Waals surface area contributed by atoms with Crippen molar-refractivity contribution in [3.05, 3.63) is 28.6 Å². The Balaban J connectivity index is 2.09. The highest BCUT2D eigenvalue weighted by molar-refractivity contribution is 9.10. The van der Waals surface area contributed by atoms with E-state index in [0.717, 1.165) is 40.5 Å². The lowest BCUT2D eigenvalue weighted by Gasteiger charge is -2.16.